The van der Waals surface area contributed by atoms with Crippen molar-refractivity contribution < 1.29 is 14.6 Å². The van der Waals surface area contributed by atoms with Gasteiger partial charge in [-0.2, -0.15) is 0 Å². The molecule has 2 aromatic carbocycles. The van der Waals surface area contributed by atoms with Gasteiger partial charge in [-0.15, -0.1) is 0 Å². The third kappa shape index (κ3) is 4.02. The maximum atomic E-state index is 12.8. The number of allylic oxidation sites excluding steroid dienone is 1. The van der Waals surface area contributed by atoms with Gasteiger partial charge < -0.3 is 20.1 Å². The standard InChI is InChI=1S/C28H32ClN3O3/c1-18-2-3-19-14-23(5-7-26(19)32(18)21-16-22(33)17-21)35-13-12-31-10-8-28(9-11-31)24-15-20(29)4-6-25(24)30-27(28)34/h4-7,14-15,21-22,33H,1-3,8-13,16-17H2,(H,30,34). The first-order chi connectivity index (χ1) is 16.9. The summed E-state index contributed by atoms with van der Waals surface area (Å²) in [7, 11) is 0. The molecular formula is C28H32ClN3O3. The van der Waals surface area contributed by atoms with E-state index >= 15 is 0 Å². The monoisotopic (exact) mass is 493 g/mol. The number of ether oxygens (including phenoxy) is 1. The van der Waals surface area contributed by atoms with Gasteiger partial charge in [0.2, 0.25) is 5.91 Å². The predicted octanol–water partition coefficient (Wildman–Crippen LogP) is 4.49. The van der Waals surface area contributed by atoms with E-state index in [1.165, 1.54) is 11.3 Å². The molecule has 0 unspecified atom stereocenters. The van der Waals surface area contributed by atoms with Crippen LogP contribution in [0.2, 0.25) is 5.02 Å². The van der Waals surface area contributed by atoms with E-state index in [4.69, 9.17) is 16.3 Å². The van der Waals surface area contributed by atoms with Gasteiger partial charge in [-0.05, 0) is 99.1 Å². The molecule has 1 aliphatic carbocycles. The maximum absolute atomic E-state index is 12.8. The van der Waals surface area contributed by atoms with Gasteiger partial charge in [0.1, 0.15) is 12.4 Å². The number of aryl methyl sites for hydroxylation is 1. The zero-order valence-corrected chi connectivity index (χ0v) is 20.7. The van der Waals surface area contributed by atoms with Gasteiger partial charge in [-0.25, -0.2) is 0 Å². The first-order valence-corrected chi connectivity index (χ1v) is 13.1. The average Bonchev–Trinajstić information content (AvgIpc) is 3.09. The Kier molecular flexibility index (Phi) is 5.78. The third-order valence-corrected chi connectivity index (χ3v) is 8.59. The fourth-order valence-corrected chi connectivity index (χ4v) is 6.39. The largest absolute Gasteiger partial charge is 0.492 e. The van der Waals surface area contributed by atoms with Crippen LogP contribution >= 0.6 is 11.6 Å². The van der Waals surface area contributed by atoms with Gasteiger partial charge in [0.25, 0.3) is 0 Å². The van der Waals surface area contributed by atoms with Crippen molar-refractivity contribution in [2.45, 2.75) is 56.1 Å². The minimum absolute atomic E-state index is 0.105. The SMILES string of the molecule is C=C1CCc2cc(OCCN3CCC4(CC3)C(=O)Nc3ccc(Cl)cc34)ccc2N1C1CC(O)C1. The van der Waals surface area contributed by atoms with Crippen molar-refractivity contribution in [3.63, 3.8) is 0 Å². The summed E-state index contributed by atoms with van der Waals surface area (Å²) in [6.45, 7) is 7.44. The van der Waals surface area contributed by atoms with Gasteiger partial charge in [0.15, 0.2) is 0 Å². The Balaban J connectivity index is 1.05. The molecular weight excluding hydrogens is 462 g/mol. The normalized spacial score (nSPS) is 25.1. The number of nitrogens with one attached hydrogen (secondary N) is 1. The minimum atomic E-state index is -0.456. The van der Waals surface area contributed by atoms with Crippen molar-refractivity contribution in [3.8, 4) is 5.75 Å². The van der Waals surface area contributed by atoms with Crippen LogP contribution in [0.4, 0.5) is 11.4 Å². The highest BCUT2D eigenvalue weighted by atomic mass is 35.5. The Morgan fingerprint density at radius 3 is 2.71 bits per heavy atom. The number of halogens is 1. The van der Waals surface area contributed by atoms with Crippen LogP contribution in [0.15, 0.2) is 48.7 Å². The molecule has 6 nitrogen and oxygen atoms in total. The molecule has 2 fully saturated rings. The molecule has 35 heavy (non-hydrogen) atoms. The van der Waals surface area contributed by atoms with Crippen LogP contribution in [0.3, 0.4) is 0 Å². The number of hydrogen-bond donors (Lipinski definition) is 2. The number of anilines is 2. The Morgan fingerprint density at radius 1 is 1.14 bits per heavy atom. The molecule has 1 amide bonds. The zero-order chi connectivity index (χ0) is 24.2. The number of benzene rings is 2. The molecule has 7 heteroatoms. The fourth-order valence-electron chi connectivity index (χ4n) is 6.21. The Morgan fingerprint density at radius 2 is 1.94 bits per heavy atom. The number of carbonyl (C=O) groups is 1. The molecule has 4 aliphatic rings. The van der Waals surface area contributed by atoms with Crippen LogP contribution < -0.4 is 15.0 Å². The molecule has 1 saturated heterocycles. The number of carbonyl (C=O) groups excluding carboxylic acids is 1. The Bertz CT molecular complexity index is 1170. The Hall–Kier alpha value is -2.54. The quantitative estimate of drug-likeness (QED) is 0.642. The molecule has 0 atom stereocenters. The second-order valence-corrected chi connectivity index (χ2v) is 10.9. The van der Waals surface area contributed by atoms with E-state index in [1.807, 2.05) is 24.3 Å². The first-order valence-electron chi connectivity index (χ1n) is 12.7. The number of aliphatic hydroxyl groups is 1. The molecule has 3 heterocycles. The van der Waals surface area contributed by atoms with E-state index in [-0.39, 0.29) is 12.0 Å². The van der Waals surface area contributed by atoms with Gasteiger partial charge >= 0.3 is 0 Å². The summed E-state index contributed by atoms with van der Waals surface area (Å²) in [6, 6.07) is 12.4. The van der Waals surface area contributed by atoms with E-state index < -0.39 is 5.41 Å². The van der Waals surface area contributed by atoms with Crippen molar-refractivity contribution in [1.29, 1.82) is 0 Å². The van der Waals surface area contributed by atoms with E-state index in [9.17, 15) is 9.90 Å². The summed E-state index contributed by atoms with van der Waals surface area (Å²) >= 11 is 6.24. The van der Waals surface area contributed by atoms with Crippen molar-refractivity contribution in [1.82, 2.24) is 4.90 Å². The van der Waals surface area contributed by atoms with E-state index in [1.54, 1.807) is 0 Å². The van der Waals surface area contributed by atoms with Crippen molar-refractivity contribution >= 4 is 28.9 Å². The third-order valence-electron chi connectivity index (χ3n) is 8.35. The summed E-state index contributed by atoms with van der Waals surface area (Å²) < 4.78 is 6.15. The highest BCUT2D eigenvalue weighted by molar-refractivity contribution is 6.31. The minimum Gasteiger partial charge on any atom is -0.492 e. The number of hydrogen-bond acceptors (Lipinski definition) is 5. The van der Waals surface area contributed by atoms with Crippen LogP contribution in [0.1, 0.15) is 43.2 Å². The van der Waals surface area contributed by atoms with Crippen molar-refractivity contribution in [3.05, 3.63) is 64.8 Å². The second-order valence-electron chi connectivity index (χ2n) is 10.4. The summed E-state index contributed by atoms with van der Waals surface area (Å²) in [6.07, 6.45) is 4.95. The van der Waals surface area contributed by atoms with E-state index in [2.05, 4.69) is 33.8 Å². The molecule has 0 radical (unpaired) electrons. The number of piperidine rings is 1. The number of amides is 1. The topological polar surface area (TPSA) is 65.0 Å². The Labute approximate surface area is 211 Å². The molecule has 3 aliphatic heterocycles. The van der Waals surface area contributed by atoms with Crippen molar-refractivity contribution in [2.24, 2.45) is 0 Å². The molecule has 0 bridgehead atoms. The van der Waals surface area contributed by atoms with Gasteiger partial charge in [0, 0.05) is 34.7 Å². The fraction of sp³-hybridized carbons (Fsp3) is 0.464. The number of rotatable bonds is 5. The maximum Gasteiger partial charge on any atom is 0.235 e. The predicted molar refractivity (Wildman–Crippen MR) is 138 cm³/mol. The number of aliphatic hydroxyl groups excluding tert-OH is 1. The molecule has 6 rings (SSSR count). The lowest BCUT2D eigenvalue weighted by atomic mass is 9.73. The van der Waals surface area contributed by atoms with Crippen LogP contribution in [-0.4, -0.2) is 54.3 Å². The lowest BCUT2D eigenvalue weighted by Gasteiger charge is -2.45. The summed E-state index contributed by atoms with van der Waals surface area (Å²) in [5.41, 5.74) is 5.14. The van der Waals surface area contributed by atoms with Gasteiger partial charge in [0.05, 0.1) is 11.5 Å². The zero-order valence-electron chi connectivity index (χ0n) is 19.9. The lowest BCUT2D eigenvalue weighted by Crippen LogP contribution is -2.48. The van der Waals surface area contributed by atoms with E-state index in [0.717, 1.165) is 80.9 Å². The molecule has 2 N–H and O–H groups in total. The number of nitrogens with zero attached hydrogens (tertiary/aromatic N) is 2. The lowest BCUT2D eigenvalue weighted by molar-refractivity contribution is -0.122. The molecule has 2 aromatic rings. The van der Waals surface area contributed by atoms with Crippen LogP contribution in [0.5, 0.6) is 5.75 Å². The summed E-state index contributed by atoms with van der Waals surface area (Å²) in [5, 5.41) is 13.5. The summed E-state index contributed by atoms with van der Waals surface area (Å²) in [5.74, 6) is 1.00. The number of fused-ring (bicyclic) bond motifs is 3. The number of likely N-dealkylation sites (tertiary alicyclic amines) is 1. The van der Waals surface area contributed by atoms with Crippen LogP contribution in [0.25, 0.3) is 0 Å². The van der Waals surface area contributed by atoms with Crippen LogP contribution in [-0.2, 0) is 16.6 Å². The molecule has 184 valence electrons. The van der Waals surface area contributed by atoms with E-state index in [0.29, 0.717) is 17.7 Å². The van der Waals surface area contributed by atoms with Gasteiger partial charge in [-0.1, -0.05) is 18.2 Å². The highest BCUT2D eigenvalue weighted by Gasteiger charge is 2.48. The highest BCUT2D eigenvalue weighted by Crippen LogP contribution is 2.46. The van der Waals surface area contributed by atoms with Gasteiger partial charge in [-0.3, -0.25) is 9.69 Å². The first kappa shape index (κ1) is 22.9. The smallest absolute Gasteiger partial charge is 0.235 e. The average molecular weight is 494 g/mol. The van der Waals surface area contributed by atoms with Crippen LogP contribution in [0, 0.1) is 0 Å². The molecule has 1 saturated carbocycles. The molecule has 1 spiro atoms. The second kappa shape index (κ2) is 8.84. The van der Waals surface area contributed by atoms with Crippen molar-refractivity contribution in [2.75, 3.05) is 36.5 Å². The summed E-state index contributed by atoms with van der Waals surface area (Å²) in [4.78, 5) is 17.6. The molecule has 0 aromatic heterocycles.